The van der Waals surface area contributed by atoms with Gasteiger partial charge in [0, 0.05) is 6.20 Å². The minimum Gasteiger partial charge on any atom is -0.459 e. The molecule has 5 rings (SSSR count). The Morgan fingerprint density at radius 1 is 0.841 bits per heavy atom. The molecule has 44 heavy (non-hydrogen) atoms. The molecule has 1 unspecified atom stereocenters. The van der Waals surface area contributed by atoms with E-state index in [0.717, 1.165) is 10.8 Å². The van der Waals surface area contributed by atoms with Crippen LogP contribution in [0.15, 0.2) is 107 Å². The number of hydrogen-bond acceptors (Lipinski definition) is 10. The summed E-state index contributed by atoms with van der Waals surface area (Å²) in [6, 6.07) is 24.1. The third-order valence-electron chi connectivity index (χ3n) is 7.11. The molecule has 3 aromatic carbocycles. The van der Waals surface area contributed by atoms with Gasteiger partial charge in [0.25, 0.3) is 5.56 Å². The summed E-state index contributed by atoms with van der Waals surface area (Å²) in [6.07, 6.45) is -3.15. The van der Waals surface area contributed by atoms with Gasteiger partial charge >= 0.3 is 23.6 Å². The maximum Gasteiger partial charge on any atom is 0.338 e. The van der Waals surface area contributed by atoms with Crippen molar-refractivity contribution in [3.63, 3.8) is 0 Å². The zero-order valence-electron chi connectivity index (χ0n) is 23.5. The molecule has 1 saturated heterocycles. The van der Waals surface area contributed by atoms with Crippen molar-refractivity contribution in [2.24, 2.45) is 0 Å². The minimum absolute atomic E-state index is 0.157. The summed E-state index contributed by atoms with van der Waals surface area (Å²) >= 11 is 0. The Hall–Kier alpha value is -5.33. The zero-order chi connectivity index (χ0) is 31.3. The van der Waals surface area contributed by atoms with Crippen LogP contribution in [0.25, 0.3) is 0 Å². The standard InChI is InChI=1S/C32H28N2O10/c1-32(44-29(39)22-15-9-4-10-16-22)25(43-28(38)21-13-7-3-8-14-21)24(19-41-27(37)20-11-5-2-6-12-20)42-30(32)34-17-23(18-35)26(36)33-31(34)40/h2-17,24-25,30,35H,18-19H2,1H3,(H,33,36,40)/t24-,25?,30-,32+/m1/s1. The van der Waals surface area contributed by atoms with Gasteiger partial charge in [0.1, 0.15) is 12.7 Å². The fourth-order valence-corrected chi connectivity index (χ4v) is 4.87. The van der Waals surface area contributed by atoms with E-state index in [-0.39, 0.29) is 22.3 Å². The molecule has 226 valence electrons. The van der Waals surface area contributed by atoms with Crippen LogP contribution in [0, 0.1) is 0 Å². The van der Waals surface area contributed by atoms with Gasteiger partial charge in [-0.3, -0.25) is 14.3 Å². The van der Waals surface area contributed by atoms with Crippen molar-refractivity contribution in [3.8, 4) is 0 Å². The quantitative estimate of drug-likeness (QED) is 0.216. The van der Waals surface area contributed by atoms with Crippen LogP contribution in [0.5, 0.6) is 0 Å². The molecule has 1 aliphatic heterocycles. The molecule has 1 aromatic heterocycles. The van der Waals surface area contributed by atoms with E-state index >= 15 is 0 Å². The van der Waals surface area contributed by atoms with Crippen LogP contribution in [0.2, 0.25) is 0 Å². The number of esters is 3. The maximum absolute atomic E-state index is 13.4. The molecule has 1 fully saturated rings. The number of H-pyrrole nitrogens is 1. The zero-order valence-corrected chi connectivity index (χ0v) is 23.5. The molecule has 12 heteroatoms. The van der Waals surface area contributed by atoms with Gasteiger partial charge in [-0.25, -0.2) is 19.2 Å². The van der Waals surface area contributed by atoms with Gasteiger partial charge < -0.3 is 24.1 Å². The van der Waals surface area contributed by atoms with Crippen molar-refractivity contribution in [3.05, 3.63) is 140 Å². The van der Waals surface area contributed by atoms with Gasteiger partial charge in [-0.2, -0.15) is 0 Å². The summed E-state index contributed by atoms with van der Waals surface area (Å²) in [4.78, 5) is 66.9. The molecule has 0 radical (unpaired) electrons. The first kappa shape index (κ1) is 30.1. The fourth-order valence-electron chi connectivity index (χ4n) is 4.87. The van der Waals surface area contributed by atoms with E-state index in [2.05, 4.69) is 4.98 Å². The van der Waals surface area contributed by atoms with Gasteiger partial charge in [0.2, 0.25) is 0 Å². The number of carbonyl (C=O) groups is 3. The molecule has 0 aliphatic carbocycles. The largest absolute Gasteiger partial charge is 0.459 e. The van der Waals surface area contributed by atoms with Crippen molar-refractivity contribution in [1.29, 1.82) is 0 Å². The Balaban J connectivity index is 1.58. The number of aliphatic hydroxyl groups excluding tert-OH is 1. The van der Waals surface area contributed by atoms with E-state index in [1.54, 1.807) is 66.7 Å². The molecular weight excluding hydrogens is 572 g/mol. The second kappa shape index (κ2) is 12.9. The van der Waals surface area contributed by atoms with Gasteiger partial charge in [0.15, 0.2) is 17.9 Å². The highest BCUT2D eigenvalue weighted by atomic mass is 16.7. The van der Waals surface area contributed by atoms with E-state index in [0.29, 0.717) is 0 Å². The first-order valence-corrected chi connectivity index (χ1v) is 13.6. The number of aliphatic hydroxyl groups is 1. The average Bonchev–Trinajstić information content (AvgIpc) is 3.31. The number of benzene rings is 3. The Bertz CT molecular complexity index is 1750. The summed E-state index contributed by atoms with van der Waals surface area (Å²) in [5, 5.41) is 9.71. The second-order valence-electron chi connectivity index (χ2n) is 10.1. The van der Waals surface area contributed by atoms with E-state index in [9.17, 15) is 29.1 Å². The predicted molar refractivity (Wildman–Crippen MR) is 154 cm³/mol. The van der Waals surface area contributed by atoms with Crippen LogP contribution < -0.4 is 11.2 Å². The number of nitrogens with one attached hydrogen (secondary N) is 1. The molecule has 12 nitrogen and oxygen atoms in total. The number of hydrogen-bond donors (Lipinski definition) is 2. The van der Waals surface area contributed by atoms with Crippen molar-refractivity contribution in [1.82, 2.24) is 9.55 Å². The number of ether oxygens (including phenoxy) is 4. The smallest absolute Gasteiger partial charge is 0.338 e. The van der Waals surface area contributed by atoms with Crippen molar-refractivity contribution in [2.75, 3.05) is 6.61 Å². The number of nitrogens with zero attached hydrogens (tertiary/aromatic N) is 1. The lowest BCUT2D eigenvalue weighted by atomic mass is 9.95. The number of aromatic amines is 1. The third kappa shape index (κ3) is 6.21. The van der Waals surface area contributed by atoms with Crippen LogP contribution in [-0.4, -0.2) is 57.0 Å². The lowest BCUT2D eigenvalue weighted by molar-refractivity contribution is -0.111. The molecule has 2 heterocycles. The lowest BCUT2D eigenvalue weighted by Crippen LogP contribution is -2.52. The highest BCUT2D eigenvalue weighted by Crippen LogP contribution is 2.43. The summed E-state index contributed by atoms with van der Waals surface area (Å²) in [7, 11) is 0. The first-order valence-electron chi connectivity index (χ1n) is 13.6. The Morgan fingerprint density at radius 2 is 1.36 bits per heavy atom. The summed E-state index contributed by atoms with van der Waals surface area (Å²) in [5.74, 6) is -2.33. The third-order valence-corrected chi connectivity index (χ3v) is 7.11. The van der Waals surface area contributed by atoms with E-state index < -0.39 is 66.4 Å². The number of carbonyl (C=O) groups excluding carboxylic acids is 3. The highest BCUT2D eigenvalue weighted by Gasteiger charge is 2.60. The summed E-state index contributed by atoms with van der Waals surface area (Å²) in [5.41, 5.74) is -3.30. The maximum atomic E-state index is 13.4. The van der Waals surface area contributed by atoms with Crippen LogP contribution in [0.1, 0.15) is 49.8 Å². The van der Waals surface area contributed by atoms with Gasteiger partial charge in [-0.1, -0.05) is 54.6 Å². The van der Waals surface area contributed by atoms with Crippen LogP contribution >= 0.6 is 0 Å². The molecule has 2 N–H and O–H groups in total. The van der Waals surface area contributed by atoms with Gasteiger partial charge in [-0.15, -0.1) is 0 Å². The van der Waals surface area contributed by atoms with Crippen molar-refractivity contribution < 1.29 is 38.4 Å². The first-order chi connectivity index (χ1) is 21.2. The number of aromatic nitrogens is 2. The topological polar surface area (TPSA) is 163 Å². The number of rotatable bonds is 9. The highest BCUT2D eigenvalue weighted by molar-refractivity contribution is 5.91. The van der Waals surface area contributed by atoms with Crippen LogP contribution in [0.4, 0.5) is 0 Å². The molecule has 0 spiro atoms. The fraction of sp³-hybridized carbons (Fsp3) is 0.219. The summed E-state index contributed by atoms with van der Waals surface area (Å²) in [6.45, 7) is 0.213. The van der Waals surface area contributed by atoms with Gasteiger partial charge in [-0.05, 0) is 43.3 Å². The van der Waals surface area contributed by atoms with Crippen LogP contribution in [-0.2, 0) is 25.6 Å². The van der Waals surface area contributed by atoms with Crippen LogP contribution in [0.3, 0.4) is 0 Å². The van der Waals surface area contributed by atoms with E-state index in [1.807, 2.05) is 0 Å². The molecule has 4 aromatic rings. The minimum atomic E-state index is -1.93. The lowest BCUT2D eigenvalue weighted by Gasteiger charge is -2.34. The Kier molecular flexibility index (Phi) is 8.83. The molecule has 0 amide bonds. The van der Waals surface area contributed by atoms with Gasteiger partial charge in [0.05, 0.1) is 28.9 Å². The molecule has 1 aliphatic rings. The monoisotopic (exact) mass is 600 g/mol. The predicted octanol–water partition coefficient (Wildman–Crippen LogP) is 2.62. The van der Waals surface area contributed by atoms with Crippen molar-refractivity contribution in [2.45, 2.75) is 37.6 Å². The van der Waals surface area contributed by atoms with E-state index in [1.165, 1.54) is 31.2 Å². The van der Waals surface area contributed by atoms with Crippen molar-refractivity contribution >= 4 is 17.9 Å². The Labute approximate surface area is 250 Å². The molecular formula is C32H28N2O10. The normalized spacial score (nSPS) is 20.9. The SMILES string of the molecule is C[C@]1(OC(=O)c2ccccc2)C(OC(=O)c2ccccc2)[C@@H](COC(=O)c2ccccc2)O[C@H]1n1cc(CO)c(=O)[nH]c1=O. The molecule has 0 bridgehead atoms. The summed E-state index contributed by atoms with van der Waals surface area (Å²) < 4.78 is 24.5. The molecule has 0 saturated carbocycles. The molecule has 4 atom stereocenters. The Morgan fingerprint density at radius 3 is 1.91 bits per heavy atom. The average molecular weight is 601 g/mol. The van der Waals surface area contributed by atoms with E-state index in [4.69, 9.17) is 18.9 Å². The second-order valence-corrected chi connectivity index (χ2v) is 10.1.